The van der Waals surface area contributed by atoms with Crippen LogP contribution in [0.3, 0.4) is 0 Å². The van der Waals surface area contributed by atoms with Crippen molar-refractivity contribution in [2.75, 3.05) is 5.84 Å². The molecular formula is C3H5N3O2. The maximum absolute atomic E-state index is 10.3. The van der Waals surface area contributed by atoms with Gasteiger partial charge in [-0.05, 0) is 0 Å². The summed E-state index contributed by atoms with van der Waals surface area (Å²) in [5.74, 6) is 5.19. The summed E-state index contributed by atoms with van der Waals surface area (Å²) in [6.07, 6.45) is 0. The molecule has 1 heterocycles. The first-order chi connectivity index (χ1) is 3.70. The normalized spacial score (nSPS) is 9.62. The number of hydrogen-bond acceptors (Lipinski definition) is 4. The molecule has 44 valence electrons. The third-order valence-electron chi connectivity index (χ3n) is 0.672. The van der Waals surface area contributed by atoms with Gasteiger partial charge in [-0.3, -0.25) is 0 Å². The lowest BCUT2D eigenvalue weighted by atomic mass is 10.8. The first kappa shape index (κ1) is 4.89. The van der Waals surface area contributed by atoms with Crippen LogP contribution in [0.1, 0.15) is 5.89 Å². The Balaban J connectivity index is 3.35. The number of nitrogen functional groups attached to an aromatic ring is 1. The van der Waals surface area contributed by atoms with Crippen LogP contribution in [0.25, 0.3) is 0 Å². The van der Waals surface area contributed by atoms with E-state index in [0.717, 1.165) is 0 Å². The maximum atomic E-state index is 10.3. The molecule has 1 aromatic heterocycles. The third kappa shape index (κ3) is 0.575. The van der Waals surface area contributed by atoms with Gasteiger partial charge in [0.05, 0.1) is 0 Å². The van der Waals surface area contributed by atoms with Crippen LogP contribution in [0.2, 0.25) is 0 Å². The molecule has 0 bridgehead atoms. The number of aryl methyl sites for hydroxylation is 1. The summed E-state index contributed by atoms with van der Waals surface area (Å²) < 4.78 is 4.48. The molecule has 0 amide bonds. The number of rotatable bonds is 0. The molecule has 0 fully saturated rings. The largest absolute Gasteiger partial charge is 0.399 e. The molecule has 0 aliphatic heterocycles. The zero-order valence-corrected chi connectivity index (χ0v) is 4.29. The summed E-state index contributed by atoms with van der Waals surface area (Å²) in [4.78, 5) is 14.2. The molecule has 0 unspecified atom stereocenters. The molecule has 5 nitrogen and oxygen atoms in total. The molecule has 0 spiro atoms. The van der Waals surface area contributed by atoms with E-state index in [1.54, 1.807) is 6.92 Å². The average molecular weight is 115 g/mol. The van der Waals surface area contributed by atoms with Crippen molar-refractivity contribution in [1.29, 1.82) is 0 Å². The fraction of sp³-hybridized carbons (Fsp3) is 0.333. The van der Waals surface area contributed by atoms with Crippen molar-refractivity contribution in [1.82, 2.24) is 9.83 Å². The molecule has 1 rings (SSSR count). The van der Waals surface area contributed by atoms with Crippen LogP contribution >= 0.6 is 0 Å². The molecule has 5 heteroatoms. The SMILES string of the molecule is Cc1nc(=O)n(N)o1. The quantitative estimate of drug-likeness (QED) is 0.433. The van der Waals surface area contributed by atoms with Crippen molar-refractivity contribution < 1.29 is 4.52 Å². The standard InChI is InChI=1S/C3H5N3O2/c1-2-5-3(7)6(4)8-2/h4H2,1H3. The Morgan fingerprint density at radius 2 is 2.50 bits per heavy atom. The molecule has 0 radical (unpaired) electrons. The zero-order chi connectivity index (χ0) is 6.15. The summed E-state index contributed by atoms with van der Waals surface area (Å²) in [5.41, 5.74) is -0.567. The van der Waals surface area contributed by atoms with Crippen molar-refractivity contribution in [3.05, 3.63) is 16.4 Å². The van der Waals surface area contributed by atoms with Gasteiger partial charge in [0.2, 0.25) is 5.89 Å². The van der Waals surface area contributed by atoms with Crippen LogP contribution in [0.4, 0.5) is 0 Å². The Morgan fingerprint density at radius 1 is 1.88 bits per heavy atom. The van der Waals surface area contributed by atoms with Gasteiger partial charge in [-0.2, -0.15) is 4.98 Å². The van der Waals surface area contributed by atoms with Gasteiger partial charge < -0.3 is 10.4 Å². The second kappa shape index (κ2) is 1.36. The van der Waals surface area contributed by atoms with Gasteiger partial charge in [0.25, 0.3) is 0 Å². The minimum atomic E-state index is -0.567. The smallest absolute Gasteiger partial charge is 0.340 e. The Labute approximate surface area is 44.7 Å². The fourth-order valence-electron chi connectivity index (χ4n) is 0.386. The highest BCUT2D eigenvalue weighted by atomic mass is 16.5. The van der Waals surface area contributed by atoms with E-state index in [-0.39, 0.29) is 5.89 Å². The lowest BCUT2D eigenvalue weighted by Crippen LogP contribution is -2.23. The summed E-state index contributed by atoms with van der Waals surface area (Å²) in [5, 5.41) is 0. The van der Waals surface area contributed by atoms with Crippen LogP contribution in [-0.4, -0.2) is 9.83 Å². The van der Waals surface area contributed by atoms with E-state index < -0.39 is 5.69 Å². The maximum Gasteiger partial charge on any atom is 0.399 e. The van der Waals surface area contributed by atoms with E-state index in [9.17, 15) is 4.79 Å². The Hall–Kier alpha value is -1.26. The van der Waals surface area contributed by atoms with Crippen molar-refractivity contribution in [3.8, 4) is 0 Å². The molecule has 1 aromatic rings. The third-order valence-corrected chi connectivity index (χ3v) is 0.672. The minimum absolute atomic E-state index is 0.275. The predicted molar refractivity (Wildman–Crippen MR) is 25.7 cm³/mol. The first-order valence-corrected chi connectivity index (χ1v) is 2.02. The topological polar surface area (TPSA) is 74.0 Å². The van der Waals surface area contributed by atoms with Gasteiger partial charge in [-0.1, -0.05) is 4.85 Å². The summed E-state index contributed by atoms with van der Waals surface area (Å²) in [7, 11) is 0. The number of hydrogen-bond donors (Lipinski definition) is 1. The molecule has 0 aromatic carbocycles. The lowest BCUT2D eigenvalue weighted by Gasteiger charge is -1.78. The highest BCUT2D eigenvalue weighted by Gasteiger charge is 1.95. The average Bonchev–Trinajstić information content (AvgIpc) is 1.85. The second-order valence-electron chi connectivity index (χ2n) is 1.33. The molecule has 0 saturated carbocycles. The van der Waals surface area contributed by atoms with Crippen LogP contribution in [0, 0.1) is 6.92 Å². The van der Waals surface area contributed by atoms with Gasteiger partial charge >= 0.3 is 5.69 Å². The van der Waals surface area contributed by atoms with Gasteiger partial charge in [0, 0.05) is 6.92 Å². The van der Waals surface area contributed by atoms with Crippen LogP contribution in [0.5, 0.6) is 0 Å². The van der Waals surface area contributed by atoms with Crippen LogP contribution < -0.4 is 11.5 Å². The Bertz CT molecular complexity index is 235. The van der Waals surface area contributed by atoms with Gasteiger partial charge in [0.1, 0.15) is 0 Å². The predicted octanol–water partition coefficient (Wildman–Crippen LogP) is -1.14. The second-order valence-corrected chi connectivity index (χ2v) is 1.33. The summed E-state index contributed by atoms with van der Waals surface area (Å²) in [6, 6.07) is 0. The molecule has 0 aliphatic carbocycles. The molecule has 2 N–H and O–H groups in total. The molecule has 0 aliphatic rings. The number of aromatic nitrogens is 2. The van der Waals surface area contributed by atoms with E-state index in [1.165, 1.54) is 0 Å². The number of nitrogens with zero attached hydrogens (tertiary/aromatic N) is 2. The molecule has 0 saturated heterocycles. The van der Waals surface area contributed by atoms with E-state index in [1.807, 2.05) is 0 Å². The van der Waals surface area contributed by atoms with E-state index in [4.69, 9.17) is 5.84 Å². The summed E-state index contributed by atoms with van der Waals surface area (Å²) in [6.45, 7) is 1.55. The molecule has 8 heavy (non-hydrogen) atoms. The van der Waals surface area contributed by atoms with Crippen molar-refractivity contribution >= 4 is 0 Å². The monoisotopic (exact) mass is 115 g/mol. The van der Waals surface area contributed by atoms with E-state index >= 15 is 0 Å². The molecular weight excluding hydrogens is 110 g/mol. The van der Waals surface area contributed by atoms with Gasteiger partial charge in [0.15, 0.2) is 0 Å². The highest BCUT2D eigenvalue weighted by molar-refractivity contribution is 4.67. The zero-order valence-electron chi connectivity index (χ0n) is 4.29. The van der Waals surface area contributed by atoms with E-state index in [0.29, 0.717) is 4.85 Å². The molecule has 0 atom stereocenters. The summed E-state index contributed by atoms with van der Waals surface area (Å²) >= 11 is 0. The van der Waals surface area contributed by atoms with Crippen molar-refractivity contribution in [3.63, 3.8) is 0 Å². The van der Waals surface area contributed by atoms with Crippen LogP contribution in [0.15, 0.2) is 9.32 Å². The Kier molecular flexibility index (Phi) is 0.831. The van der Waals surface area contributed by atoms with Gasteiger partial charge in [-0.25, -0.2) is 4.79 Å². The van der Waals surface area contributed by atoms with Gasteiger partial charge in [-0.15, -0.1) is 0 Å². The number of nitrogens with two attached hydrogens (primary N) is 1. The van der Waals surface area contributed by atoms with Crippen molar-refractivity contribution in [2.45, 2.75) is 6.92 Å². The first-order valence-electron chi connectivity index (χ1n) is 2.02. The lowest BCUT2D eigenvalue weighted by molar-refractivity contribution is 0.302. The Morgan fingerprint density at radius 3 is 2.62 bits per heavy atom. The highest BCUT2D eigenvalue weighted by Crippen LogP contribution is 1.79. The van der Waals surface area contributed by atoms with Crippen molar-refractivity contribution in [2.24, 2.45) is 0 Å². The van der Waals surface area contributed by atoms with Crippen LogP contribution in [-0.2, 0) is 0 Å². The fourth-order valence-corrected chi connectivity index (χ4v) is 0.386. The minimum Gasteiger partial charge on any atom is -0.340 e. The van der Waals surface area contributed by atoms with E-state index in [2.05, 4.69) is 9.51 Å².